The predicted molar refractivity (Wildman–Crippen MR) is 53.2 cm³/mol. The fourth-order valence-electron chi connectivity index (χ4n) is 1.79. The van der Waals surface area contributed by atoms with Gasteiger partial charge in [0.25, 0.3) is 0 Å². The second kappa shape index (κ2) is 7.32. The van der Waals surface area contributed by atoms with E-state index >= 15 is 0 Å². The summed E-state index contributed by atoms with van der Waals surface area (Å²) >= 11 is 0. The number of carbonyl (C=O) groups excluding carboxylic acids is 1. The molecule has 1 fully saturated rings. The molecule has 1 aliphatic heterocycles. The summed E-state index contributed by atoms with van der Waals surface area (Å²) in [6.45, 7) is 0.0292. The molecule has 1 saturated heterocycles. The van der Waals surface area contributed by atoms with E-state index in [1.54, 1.807) is 0 Å². The fourth-order valence-corrected chi connectivity index (χ4v) is 1.79. The van der Waals surface area contributed by atoms with Gasteiger partial charge in [-0.25, -0.2) is 4.39 Å². The van der Waals surface area contributed by atoms with Crippen LogP contribution in [0.15, 0.2) is 24.3 Å². The van der Waals surface area contributed by atoms with Crippen LogP contribution in [0.2, 0.25) is 0 Å². The zero-order valence-electron chi connectivity index (χ0n) is 9.67. The standard InChI is InChI=1S/C11H9FO4.K.H2O/c12-7-3-1-6(2-4-7)8-5-16-11(15)9(8)10(13)14;;/h1-4,8-9H,5H2,(H,13,14);;1H2/q;+1;/p-1. The number of hydrogen-bond acceptors (Lipinski definition) is 4. The molecule has 2 N–H and O–H groups in total. The van der Waals surface area contributed by atoms with Gasteiger partial charge in [-0.3, -0.25) is 9.59 Å². The number of benzene rings is 1. The molecule has 0 spiro atoms. The molecule has 0 aliphatic carbocycles. The molecule has 0 saturated carbocycles. The number of carboxylic acids is 1. The zero-order chi connectivity index (χ0) is 11.7. The van der Waals surface area contributed by atoms with Gasteiger partial charge in [0.1, 0.15) is 5.82 Å². The minimum Gasteiger partial charge on any atom is -0.870 e. The molecule has 2 rings (SSSR count). The number of carboxylic acid groups (broad SMARTS) is 1. The Kier molecular flexibility index (Phi) is 7.19. The zero-order valence-corrected chi connectivity index (χ0v) is 12.8. The Labute approximate surface area is 145 Å². The number of esters is 1. The van der Waals surface area contributed by atoms with E-state index in [0.717, 1.165) is 0 Å². The summed E-state index contributed by atoms with van der Waals surface area (Å²) in [4.78, 5) is 22.1. The van der Waals surface area contributed by atoms with Gasteiger partial charge in [0.2, 0.25) is 0 Å². The van der Waals surface area contributed by atoms with Gasteiger partial charge in [-0.05, 0) is 17.7 Å². The van der Waals surface area contributed by atoms with Crippen molar-refractivity contribution >= 4 is 11.9 Å². The van der Waals surface area contributed by atoms with E-state index in [2.05, 4.69) is 0 Å². The first-order chi connectivity index (χ1) is 7.59. The Bertz CT molecular complexity index is 434. The maximum Gasteiger partial charge on any atom is 1.00 e. The van der Waals surface area contributed by atoms with E-state index in [-0.39, 0.29) is 63.5 Å². The molecule has 7 heteroatoms. The molecule has 0 amide bonds. The summed E-state index contributed by atoms with van der Waals surface area (Å²) in [5, 5.41) is 8.90. The molecule has 0 aromatic heterocycles. The van der Waals surface area contributed by atoms with E-state index in [4.69, 9.17) is 9.84 Å². The Balaban J connectivity index is 0.00000144. The van der Waals surface area contributed by atoms with E-state index < -0.39 is 29.6 Å². The van der Waals surface area contributed by atoms with Gasteiger partial charge in [-0.2, -0.15) is 0 Å². The van der Waals surface area contributed by atoms with E-state index in [1.165, 1.54) is 24.3 Å². The molecule has 1 heterocycles. The monoisotopic (exact) mass is 280 g/mol. The second-order valence-electron chi connectivity index (χ2n) is 3.60. The average molecular weight is 280 g/mol. The number of carbonyl (C=O) groups is 2. The van der Waals surface area contributed by atoms with Gasteiger partial charge in [0.15, 0.2) is 5.92 Å². The first kappa shape index (κ1) is 17.7. The predicted octanol–water partition coefficient (Wildman–Crippen LogP) is -2.01. The smallest absolute Gasteiger partial charge is 0.870 e. The number of rotatable bonds is 2. The molecule has 0 radical (unpaired) electrons. The van der Waals surface area contributed by atoms with Gasteiger partial charge in [-0.1, -0.05) is 12.1 Å². The van der Waals surface area contributed by atoms with E-state index in [9.17, 15) is 14.0 Å². The third kappa shape index (κ3) is 3.59. The fraction of sp³-hybridized carbons (Fsp3) is 0.273. The maximum absolute atomic E-state index is 12.7. The van der Waals surface area contributed by atoms with Crippen LogP contribution in [0.25, 0.3) is 0 Å². The van der Waals surface area contributed by atoms with Crippen LogP contribution in [0.4, 0.5) is 4.39 Å². The average Bonchev–Trinajstić information content (AvgIpc) is 2.61. The normalized spacial score (nSPS) is 21.5. The summed E-state index contributed by atoms with van der Waals surface area (Å²) in [6, 6.07) is 5.41. The number of hydrogen-bond donors (Lipinski definition) is 1. The summed E-state index contributed by atoms with van der Waals surface area (Å²) in [5.74, 6) is -4.07. The van der Waals surface area contributed by atoms with Crippen LogP contribution < -0.4 is 51.4 Å². The Hall–Kier alpha value is -0.314. The van der Waals surface area contributed by atoms with Crippen LogP contribution in [0.5, 0.6) is 0 Å². The summed E-state index contributed by atoms with van der Waals surface area (Å²) in [5.41, 5.74) is 0.597. The third-order valence-electron chi connectivity index (χ3n) is 2.63. The molecular weight excluding hydrogens is 270 g/mol. The van der Waals surface area contributed by atoms with Gasteiger partial charge >= 0.3 is 63.3 Å². The van der Waals surface area contributed by atoms with Crippen molar-refractivity contribution in [3.05, 3.63) is 35.6 Å². The van der Waals surface area contributed by atoms with Crippen LogP contribution in [-0.4, -0.2) is 29.1 Å². The number of cyclic esters (lactones) is 1. The van der Waals surface area contributed by atoms with Crippen molar-refractivity contribution < 1.29 is 80.7 Å². The van der Waals surface area contributed by atoms with Crippen LogP contribution in [-0.2, 0) is 14.3 Å². The number of halogens is 1. The SMILES string of the molecule is O=C(O)C1C(=O)OCC1c1ccc(F)cc1.[K+].[OH-]. The quantitative estimate of drug-likeness (QED) is 0.384. The minimum atomic E-state index is -1.21. The van der Waals surface area contributed by atoms with Crippen molar-refractivity contribution in [2.24, 2.45) is 5.92 Å². The molecule has 5 nitrogen and oxygen atoms in total. The molecule has 18 heavy (non-hydrogen) atoms. The van der Waals surface area contributed by atoms with Gasteiger partial charge in [-0.15, -0.1) is 0 Å². The van der Waals surface area contributed by atoms with Crippen LogP contribution >= 0.6 is 0 Å². The van der Waals surface area contributed by atoms with Crippen molar-refractivity contribution in [3.8, 4) is 0 Å². The van der Waals surface area contributed by atoms with Gasteiger partial charge in [0.05, 0.1) is 6.61 Å². The third-order valence-corrected chi connectivity index (χ3v) is 2.63. The second-order valence-corrected chi connectivity index (χ2v) is 3.60. The van der Waals surface area contributed by atoms with Crippen LogP contribution in [0.1, 0.15) is 11.5 Å². The Morgan fingerprint density at radius 2 is 1.89 bits per heavy atom. The Morgan fingerprint density at radius 3 is 2.39 bits per heavy atom. The first-order valence-corrected chi connectivity index (χ1v) is 4.74. The summed E-state index contributed by atoms with van der Waals surface area (Å²) in [6.07, 6.45) is 0. The van der Waals surface area contributed by atoms with Gasteiger partial charge in [0, 0.05) is 5.92 Å². The summed E-state index contributed by atoms with van der Waals surface area (Å²) in [7, 11) is 0. The molecule has 1 aromatic rings. The van der Waals surface area contributed by atoms with Crippen LogP contribution in [0.3, 0.4) is 0 Å². The van der Waals surface area contributed by atoms with Crippen molar-refractivity contribution in [1.29, 1.82) is 0 Å². The molecule has 2 unspecified atom stereocenters. The molecule has 1 aromatic carbocycles. The van der Waals surface area contributed by atoms with Gasteiger partial charge < -0.3 is 15.3 Å². The number of aliphatic carboxylic acids is 1. The Morgan fingerprint density at radius 1 is 1.33 bits per heavy atom. The number of ether oxygens (including phenoxy) is 1. The maximum atomic E-state index is 12.7. The van der Waals surface area contributed by atoms with Crippen molar-refractivity contribution in [3.63, 3.8) is 0 Å². The molecule has 0 bridgehead atoms. The van der Waals surface area contributed by atoms with E-state index in [0.29, 0.717) is 5.56 Å². The van der Waals surface area contributed by atoms with Crippen LogP contribution in [0, 0.1) is 11.7 Å². The molecule has 92 valence electrons. The van der Waals surface area contributed by atoms with Crippen molar-refractivity contribution in [1.82, 2.24) is 0 Å². The topological polar surface area (TPSA) is 93.6 Å². The van der Waals surface area contributed by atoms with Crippen molar-refractivity contribution in [2.45, 2.75) is 5.92 Å². The van der Waals surface area contributed by atoms with Crippen molar-refractivity contribution in [2.75, 3.05) is 6.61 Å². The first-order valence-electron chi connectivity index (χ1n) is 4.74. The van der Waals surface area contributed by atoms with E-state index in [1.807, 2.05) is 0 Å². The minimum absolute atomic E-state index is 0. The molecular formula is C11H10FKO5. The largest absolute Gasteiger partial charge is 1.00 e. The molecule has 2 atom stereocenters. The summed E-state index contributed by atoms with van der Waals surface area (Å²) < 4.78 is 17.4. The molecule has 1 aliphatic rings.